The standard InChI is InChI=1S/C25H28N2O5/c1-31-13-12-26-15-20(14-18-8-4-2-5-9-18)27-16-21(28)23(29)24(22(27)25(26)30)32-17-19-10-6-3-7-11-19/h2-11,16,20,23,28-29H,12-15,17H2,1H3/t20-,23?/m0/s1. The van der Waals surface area contributed by atoms with Crippen molar-refractivity contribution in [1.82, 2.24) is 9.80 Å². The Morgan fingerprint density at radius 1 is 1.03 bits per heavy atom. The van der Waals surface area contributed by atoms with Crippen molar-refractivity contribution in [2.45, 2.75) is 25.2 Å². The van der Waals surface area contributed by atoms with Crippen molar-refractivity contribution in [1.29, 1.82) is 0 Å². The van der Waals surface area contributed by atoms with Gasteiger partial charge < -0.3 is 29.5 Å². The van der Waals surface area contributed by atoms with Crippen LogP contribution < -0.4 is 0 Å². The zero-order valence-electron chi connectivity index (χ0n) is 18.1. The van der Waals surface area contributed by atoms with Gasteiger partial charge in [0.2, 0.25) is 0 Å². The van der Waals surface area contributed by atoms with Crippen LogP contribution in [0.25, 0.3) is 0 Å². The normalized spacial score (nSPS) is 20.8. The SMILES string of the molecule is COCCN1C[C@H](Cc2ccccc2)N2C=C(O)C(O)C(OCc3ccccc3)=C2C1=O. The quantitative estimate of drug-likeness (QED) is 0.662. The third-order valence-electron chi connectivity index (χ3n) is 5.72. The predicted molar refractivity (Wildman–Crippen MR) is 119 cm³/mol. The maximum absolute atomic E-state index is 13.4. The second kappa shape index (κ2) is 9.89. The van der Waals surface area contributed by atoms with Gasteiger partial charge in [-0.05, 0) is 17.5 Å². The third kappa shape index (κ3) is 4.64. The zero-order valence-corrected chi connectivity index (χ0v) is 18.1. The number of carbonyl (C=O) groups excluding carboxylic acids is 1. The summed E-state index contributed by atoms with van der Waals surface area (Å²) >= 11 is 0. The molecular formula is C25H28N2O5. The van der Waals surface area contributed by atoms with Gasteiger partial charge in [0, 0.05) is 26.4 Å². The Hall–Kier alpha value is -3.29. The number of nitrogens with zero attached hydrogens (tertiary/aromatic N) is 2. The molecule has 32 heavy (non-hydrogen) atoms. The van der Waals surface area contributed by atoms with Crippen molar-refractivity contribution in [3.05, 3.63) is 95.2 Å². The molecule has 0 aromatic heterocycles. The Bertz CT molecular complexity index is 990. The molecule has 2 N–H and O–H groups in total. The Morgan fingerprint density at radius 2 is 1.69 bits per heavy atom. The summed E-state index contributed by atoms with van der Waals surface area (Å²) in [7, 11) is 1.60. The molecule has 0 aliphatic carbocycles. The van der Waals surface area contributed by atoms with E-state index in [1.54, 1.807) is 16.9 Å². The van der Waals surface area contributed by atoms with Gasteiger partial charge in [-0.3, -0.25) is 4.79 Å². The van der Waals surface area contributed by atoms with Gasteiger partial charge in [0.25, 0.3) is 5.91 Å². The number of aliphatic hydroxyl groups is 2. The minimum absolute atomic E-state index is 0.0685. The highest BCUT2D eigenvalue weighted by Gasteiger charge is 2.43. The molecule has 1 saturated heterocycles. The molecule has 2 aliphatic heterocycles. The molecule has 0 spiro atoms. The second-order valence-electron chi connectivity index (χ2n) is 7.94. The third-order valence-corrected chi connectivity index (χ3v) is 5.72. The minimum Gasteiger partial charge on any atom is -0.508 e. The van der Waals surface area contributed by atoms with E-state index in [4.69, 9.17) is 9.47 Å². The smallest absolute Gasteiger partial charge is 0.274 e. The van der Waals surface area contributed by atoms with E-state index in [-0.39, 0.29) is 35.8 Å². The van der Waals surface area contributed by atoms with Gasteiger partial charge in [0.15, 0.2) is 11.9 Å². The Labute approximate surface area is 187 Å². The van der Waals surface area contributed by atoms with Crippen LogP contribution in [0, 0.1) is 0 Å². The summed E-state index contributed by atoms with van der Waals surface area (Å²) in [4.78, 5) is 16.9. The number of methoxy groups -OCH3 is 1. The summed E-state index contributed by atoms with van der Waals surface area (Å²) in [5, 5.41) is 21.2. The summed E-state index contributed by atoms with van der Waals surface area (Å²) < 4.78 is 11.1. The minimum atomic E-state index is -1.39. The molecule has 2 aromatic rings. The molecule has 2 heterocycles. The van der Waals surface area contributed by atoms with Crippen molar-refractivity contribution in [3.63, 3.8) is 0 Å². The largest absolute Gasteiger partial charge is 0.508 e. The number of fused-ring (bicyclic) bond motifs is 1. The number of hydrogen-bond acceptors (Lipinski definition) is 6. The lowest BCUT2D eigenvalue weighted by molar-refractivity contribution is -0.134. The first-order valence-electron chi connectivity index (χ1n) is 10.7. The molecule has 7 heteroatoms. The lowest BCUT2D eigenvalue weighted by atomic mass is 9.97. The summed E-state index contributed by atoms with van der Waals surface area (Å²) in [6.07, 6.45) is 0.718. The molecular weight excluding hydrogens is 408 g/mol. The topological polar surface area (TPSA) is 82.5 Å². The van der Waals surface area contributed by atoms with Gasteiger partial charge >= 0.3 is 0 Å². The first-order valence-corrected chi connectivity index (χ1v) is 10.7. The molecule has 2 atom stereocenters. The van der Waals surface area contributed by atoms with Crippen LogP contribution in [0.3, 0.4) is 0 Å². The average Bonchev–Trinajstić information content (AvgIpc) is 2.82. The van der Waals surface area contributed by atoms with E-state index in [1.807, 2.05) is 60.7 Å². The van der Waals surface area contributed by atoms with E-state index < -0.39 is 6.10 Å². The molecule has 2 aromatic carbocycles. The number of hydrogen-bond donors (Lipinski definition) is 2. The van der Waals surface area contributed by atoms with Crippen LogP contribution in [-0.2, 0) is 27.3 Å². The van der Waals surface area contributed by atoms with Crippen LogP contribution in [0.5, 0.6) is 0 Å². The van der Waals surface area contributed by atoms with Crippen LogP contribution in [0.2, 0.25) is 0 Å². The summed E-state index contributed by atoms with van der Waals surface area (Å²) in [5.74, 6) is -0.427. The van der Waals surface area contributed by atoms with Crippen molar-refractivity contribution in [3.8, 4) is 0 Å². The van der Waals surface area contributed by atoms with Crippen molar-refractivity contribution in [2.24, 2.45) is 0 Å². The fraction of sp³-hybridized carbons (Fsp3) is 0.320. The fourth-order valence-corrected chi connectivity index (χ4v) is 4.07. The molecule has 1 amide bonds. The molecule has 7 nitrogen and oxygen atoms in total. The number of benzene rings is 2. The van der Waals surface area contributed by atoms with Gasteiger partial charge in [-0.1, -0.05) is 60.7 Å². The summed E-state index contributed by atoms with van der Waals surface area (Å²) in [6.45, 7) is 1.47. The van der Waals surface area contributed by atoms with E-state index in [0.29, 0.717) is 26.1 Å². The van der Waals surface area contributed by atoms with Gasteiger partial charge in [-0.25, -0.2) is 0 Å². The van der Waals surface area contributed by atoms with Crippen molar-refractivity contribution >= 4 is 5.91 Å². The van der Waals surface area contributed by atoms with Crippen LogP contribution in [-0.4, -0.2) is 64.9 Å². The highest BCUT2D eigenvalue weighted by Crippen LogP contribution is 2.33. The lowest BCUT2D eigenvalue weighted by Gasteiger charge is -2.44. The predicted octanol–water partition coefficient (Wildman–Crippen LogP) is 2.59. The first-order chi connectivity index (χ1) is 15.6. The van der Waals surface area contributed by atoms with Crippen LogP contribution in [0.4, 0.5) is 0 Å². The molecule has 168 valence electrons. The van der Waals surface area contributed by atoms with E-state index in [0.717, 1.165) is 11.1 Å². The highest BCUT2D eigenvalue weighted by atomic mass is 16.5. The van der Waals surface area contributed by atoms with Crippen molar-refractivity contribution in [2.75, 3.05) is 26.8 Å². The summed E-state index contributed by atoms with van der Waals surface area (Å²) in [5.41, 5.74) is 2.27. The molecule has 0 saturated carbocycles. The number of ether oxygens (including phenoxy) is 2. The van der Waals surface area contributed by atoms with E-state index in [1.165, 1.54) is 6.20 Å². The van der Waals surface area contributed by atoms with Crippen LogP contribution >= 0.6 is 0 Å². The van der Waals surface area contributed by atoms with E-state index >= 15 is 0 Å². The summed E-state index contributed by atoms with van der Waals surface area (Å²) in [6, 6.07) is 19.4. The van der Waals surface area contributed by atoms with Crippen molar-refractivity contribution < 1.29 is 24.5 Å². The average molecular weight is 437 g/mol. The van der Waals surface area contributed by atoms with Crippen LogP contribution in [0.15, 0.2) is 84.1 Å². The monoisotopic (exact) mass is 436 g/mol. The van der Waals surface area contributed by atoms with E-state index in [2.05, 4.69) is 0 Å². The maximum atomic E-state index is 13.4. The lowest BCUT2D eigenvalue weighted by Crippen LogP contribution is -2.56. The second-order valence-corrected chi connectivity index (χ2v) is 7.94. The zero-order chi connectivity index (χ0) is 22.5. The molecule has 0 radical (unpaired) electrons. The van der Waals surface area contributed by atoms with Gasteiger partial charge in [0.1, 0.15) is 18.1 Å². The Morgan fingerprint density at radius 3 is 2.34 bits per heavy atom. The maximum Gasteiger partial charge on any atom is 0.274 e. The Balaban J connectivity index is 1.68. The van der Waals surface area contributed by atoms with E-state index in [9.17, 15) is 15.0 Å². The fourth-order valence-electron chi connectivity index (χ4n) is 4.07. The van der Waals surface area contributed by atoms with Gasteiger partial charge in [-0.2, -0.15) is 0 Å². The molecule has 4 rings (SSSR count). The molecule has 1 unspecified atom stereocenters. The Kier molecular flexibility index (Phi) is 6.78. The molecule has 0 bridgehead atoms. The number of amides is 1. The number of aliphatic hydroxyl groups excluding tert-OH is 2. The molecule has 1 fully saturated rings. The number of piperazine rings is 1. The highest BCUT2D eigenvalue weighted by molar-refractivity contribution is 5.95. The number of rotatable bonds is 8. The van der Waals surface area contributed by atoms with Gasteiger partial charge in [0.05, 0.1) is 12.6 Å². The van der Waals surface area contributed by atoms with Crippen LogP contribution in [0.1, 0.15) is 11.1 Å². The number of carbonyl (C=O) groups is 1. The molecule has 2 aliphatic rings. The van der Waals surface area contributed by atoms with Gasteiger partial charge in [-0.15, -0.1) is 0 Å². The first kappa shape index (κ1) is 21.9.